The second-order valence-corrected chi connectivity index (χ2v) is 14.7. The van der Waals surface area contributed by atoms with Gasteiger partial charge in [-0.15, -0.1) is 6.58 Å². The molecule has 4 heteroatoms. The maximum atomic E-state index is 6.67. The molecule has 0 saturated carbocycles. The first kappa shape index (κ1) is 22.0. The molecule has 156 valence electrons. The molecule has 1 aliphatic heterocycles. The molecule has 1 unspecified atom stereocenters. The second-order valence-electron chi connectivity index (χ2n) is 9.53. The van der Waals surface area contributed by atoms with Crippen molar-refractivity contribution in [1.29, 1.82) is 0 Å². The lowest BCUT2D eigenvalue weighted by molar-refractivity contribution is 0.221. The van der Waals surface area contributed by atoms with Crippen molar-refractivity contribution in [1.82, 2.24) is 0 Å². The molecule has 0 bridgehead atoms. The summed E-state index contributed by atoms with van der Waals surface area (Å²) in [5.74, 6) is 2.02. The van der Waals surface area contributed by atoms with Crippen molar-refractivity contribution in [2.45, 2.75) is 70.7 Å². The van der Waals surface area contributed by atoms with Gasteiger partial charge in [-0.25, -0.2) is 0 Å². The minimum absolute atomic E-state index is 0.162. The zero-order chi connectivity index (χ0) is 21.2. The van der Waals surface area contributed by atoms with Crippen LogP contribution in [-0.2, 0) is 19.3 Å². The lowest BCUT2D eigenvalue weighted by Gasteiger charge is -2.37. The van der Waals surface area contributed by atoms with E-state index >= 15 is 0 Å². The Morgan fingerprint density at radius 1 is 1.21 bits per heavy atom. The zero-order valence-electron chi connectivity index (χ0n) is 18.3. The molecule has 0 saturated heterocycles. The molecule has 29 heavy (non-hydrogen) atoms. The van der Waals surface area contributed by atoms with Crippen LogP contribution in [0.3, 0.4) is 0 Å². The summed E-state index contributed by atoms with van der Waals surface area (Å²) in [6, 6.07) is 12.5. The quantitative estimate of drug-likeness (QED) is 0.338. The molecular weight excluding hydrogens is 396 g/mol. The Bertz CT molecular complexity index is 866. The maximum Gasteiger partial charge on any atom is 0.250 e. The number of ether oxygens (including phenoxy) is 1. The average molecular weight is 429 g/mol. The summed E-state index contributed by atoms with van der Waals surface area (Å²) in [6.07, 6.45) is 5.85. The Hall–Kier alpha value is -1.71. The normalized spacial score (nSPS) is 16.3. The number of allylic oxidation sites excluding steroid dienone is 1. The number of aryl methyl sites for hydroxylation is 1. The predicted octanol–water partition coefficient (Wildman–Crippen LogP) is 7.39. The van der Waals surface area contributed by atoms with Gasteiger partial charge in [0.05, 0.1) is 0 Å². The first-order valence-corrected chi connectivity index (χ1v) is 13.7. The van der Waals surface area contributed by atoms with Gasteiger partial charge in [0.15, 0.2) is 0 Å². The molecule has 0 aliphatic carbocycles. The Morgan fingerprint density at radius 3 is 2.52 bits per heavy atom. The van der Waals surface area contributed by atoms with Crippen molar-refractivity contribution in [3.8, 4) is 11.5 Å². The molecule has 2 aromatic carbocycles. The molecule has 1 aliphatic rings. The van der Waals surface area contributed by atoms with Crippen LogP contribution < -0.4 is 9.16 Å². The van der Waals surface area contributed by atoms with Gasteiger partial charge in [-0.3, -0.25) is 0 Å². The van der Waals surface area contributed by atoms with E-state index in [1.54, 1.807) is 0 Å². The molecule has 0 fully saturated rings. The van der Waals surface area contributed by atoms with Crippen molar-refractivity contribution in [2.24, 2.45) is 0 Å². The van der Waals surface area contributed by atoms with Crippen molar-refractivity contribution in [3.63, 3.8) is 0 Å². The number of fused-ring (bicyclic) bond motifs is 1. The third kappa shape index (κ3) is 5.26. The Labute approximate surface area is 182 Å². The van der Waals surface area contributed by atoms with Gasteiger partial charge in [-0.2, -0.15) is 0 Å². The maximum absolute atomic E-state index is 6.67. The van der Waals surface area contributed by atoms with Gasteiger partial charge in [0.1, 0.15) is 17.6 Å². The molecule has 2 nitrogen and oxygen atoms in total. The lowest BCUT2D eigenvalue weighted by atomic mass is 10.0. The molecule has 0 N–H and O–H groups in total. The van der Waals surface area contributed by atoms with Crippen LogP contribution in [0.15, 0.2) is 49.1 Å². The van der Waals surface area contributed by atoms with Crippen LogP contribution >= 0.6 is 11.6 Å². The number of hydrogen-bond acceptors (Lipinski definition) is 2. The zero-order valence-corrected chi connectivity index (χ0v) is 20.1. The third-order valence-electron chi connectivity index (χ3n) is 6.19. The fourth-order valence-electron chi connectivity index (χ4n) is 3.36. The number of rotatable bonds is 7. The van der Waals surface area contributed by atoms with Crippen LogP contribution in [0.25, 0.3) is 0 Å². The van der Waals surface area contributed by atoms with E-state index in [0.717, 1.165) is 42.2 Å². The van der Waals surface area contributed by atoms with E-state index in [1.807, 2.05) is 18.2 Å². The standard InChI is InChI=1S/C25H33ClO2Si/c1-7-8-19-16-23-20(17-24(19)28-29(5,6)25(2,3)4)15-22(27-23)14-11-18-9-12-21(26)13-10-18/h7,9-10,12-13,16-17,22H,1,8,11,14-15H2,2-6H3. The molecule has 0 amide bonds. The van der Waals surface area contributed by atoms with Gasteiger partial charge < -0.3 is 9.16 Å². The predicted molar refractivity (Wildman–Crippen MR) is 126 cm³/mol. The highest BCUT2D eigenvalue weighted by Crippen LogP contribution is 2.41. The van der Waals surface area contributed by atoms with Gasteiger partial charge in [-0.1, -0.05) is 50.6 Å². The molecule has 1 heterocycles. The lowest BCUT2D eigenvalue weighted by Crippen LogP contribution is -2.44. The molecule has 0 radical (unpaired) electrons. The first-order chi connectivity index (χ1) is 13.6. The summed E-state index contributed by atoms with van der Waals surface area (Å²) in [5.41, 5.74) is 3.72. The highest BCUT2D eigenvalue weighted by molar-refractivity contribution is 6.74. The van der Waals surface area contributed by atoms with Crippen LogP contribution in [0.1, 0.15) is 43.9 Å². The van der Waals surface area contributed by atoms with Crippen molar-refractivity contribution in [2.75, 3.05) is 0 Å². The van der Waals surface area contributed by atoms with E-state index in [9.17, 15) is 0 Å². The van der Waals surface area contributed by atoms with Crippen molar-refractivity contribution >= 4 is 19.9 Å². The van der Waals surface area contributed by atoms with Crippen molar-refractivity contribution < 1.29 is 9.16 Å². The number of benzene rings is 2. The molecular formula is C25H33ClO2Si. The SMILES string of the molecule is C=CCc1cc2c(cc1O[Si](C)(C)C(C)(C)C)CC(CCc1ccc(Cl)cc1)O2. The van der Waals surface area contributed by atoms with E-state index < -0.39 is 8.32 Å². The molecule has 0 spiro atoms. The van der Waals surface area contributed by atoms with Gasteiger partial charge in [0, 0.05) is 22.6 Å². The van der Waals surface area contributed by atoms with Crippen LogP contribution in [0, 0.1) is 0 Å². The second kappa shape index (κ2) is 8.57. The van der Waals surface area contributed by atoms with E-state index in [0.29, 0.717) is 0 Å². The van der Waals surface area contributed by atoms with E-state index in [-0.39, 0.29) is 11.1 Å². The minimum Gasteiger partial charge on any atom is -0.543 e. The van der Waals surface area contributed by atoms with Gasteiger partial charge >= 0.3 is 0 Å². The van der Waals surface area contributed by atoms with Crippen LogP contribution in [0.4, 0.5) is 0 Å². The van der Waals surface area contributed by atoms with E-state index in [1.165, 1.54) is 16.7 Å². The van der Waals surface area contributed by atoms with Gasteiger partial charge in [-0.05, 0) is 67.2 Å². The average Bonchev–Trinajstić information content (AvgIpc) is 3.02. The Morgan fingerprint density at radius 2 is 1.90 bits per heavy atom. The van der Waals surface area contributed by atoms with Crippen LogP contribution in [0.5, 0.6) is 11.5 Å². The summed E-state index contributed by atoms with van der Waals surface area (Å²) in [4.78, 5) is 0. The number of hydrogen-bond donors (Lipinski definition) is 0. The van der Waals surface area contributed by atoms with Crippen LogP contribution in [0.2, 0.25) is 23.2 Å². The molecule has 2 aromatic rings. The van der Waals surface area contributed by atoms with Crippen molar-refractivity contribution in [3.05, 3.63) is 70.8 Å². The summed E-state index contributed by atoms with van der Waals surface area (Å²) in [5, 5.41) is 0.942. The Balaban J connectivity index is 1.75. The first-order valence-electron chi connectivity index (χ1n) is 10.5. The Kier molecular flexibility index (Phi) is 6.50. The molecule has 1 atom stereocenters. The van der Waals surface area contributed by atoms with E-state index in [2.05, 4.69) is 64.7 Å². The summed E-state index contributed by atoms with van der Waals surface area (Å²) in [7, 11) is -1.91. The van der Waals surface area contributed by atoms with Gasteiger partial charge in [0.2, 0.25) is 8.32 Å². The fourth-order valence-corrected chi connectivity index (χ4v) is 4.53. The fraction of sp³-hybridized carbons (Fsp3) is 0.440. The van der Waals surface area contributed by atoms with Gasteiger partial charge in [0.25, 0.3) is 0 Å². The smallest absolute Gasteiger partial charge is 0.250 e. The highest BCUT2D eigenvalue weighted by atomic mass is 35.5. The highest BCUT2D eigenvalue weighted by Gasteiger charge is 2.39. The minimum atomic E-state index is -1.91. The largest absolute Gasteiger partial charge is 0.543 e. The molecule has 3 rings (SSSR count). The topological polar surface area (TPSA) is 18.5 Å². The third-order valence-corrected chi connectivity index (χ3v) is 10.8. The summed E-state index contributed by atoms with van der Waals surface area (Å²) in [6.45, 7) is 15.3. The monoisotopic (exact) mass is 428 g/mol. The number of halogens is 1. The van der Waals surface area contributed by atoms with E-state index in [4.69, 9.17) is 20.8 Å². The van der Waals surface area contributed by atoms with Crippen LogP contribution in [-0.4, -0.2) is 14.4 Å². The summed E-state index contributed by atoms with van der Waals surface area (Å²) < 4.78 is 13.0. The molecule has 0 aromatic heterocycles. The summed E-state index contributed by atoms with van der Waals surface area (Å²) >= 11 is 5.99.